The van der Waals surface area contributed by atoms with Gasteiger partial charge in [0, 0.05) is 26.2 Å². The maximum Gasteiger partial charge on any atom is 0.236 e. The number of nitrogens with one attached hydrogen (secondary N) is 1. The molecular formula is C14H21N3O. The van der Waals surface area contributed by atoms with Crippen molar-refractivity contribution in [3.05, 3.63) is 34.9 Å². The van der Waals surface area contributed by atoms with Crippen molar-refractivity contribution in [2.75, 3.05) is 19.6 Å². The van der Waals surface area contributed by atoms with E-state index in [2.05, 4.69) is 42.3 Å². The lowest BCUT2D eigenvalue weighted by Gasteiger charge is -2.34. The summed E-state index contributed by atoms with van der Waals surface area (Å²) in [4.78, 5) is 13.6. The molecule has 1 aliphatic heterocycles. The number of hydrogen-bond donors (Lipinski definition) is 2. The van der Waals surface area contributed by atoms with E-state index in [1.807, 2.05) is 0 Å². The van der Waals surface area contributed by atoms with E-state index in [1.165, 1.54) is 16.7 Å². The summed E-state index contributed by atoms with van der Waals surface area (Å²) in [5, 5.41) is 3.21. The summed E-state index contributed by atoms with van der Waals surface area (Å²) >= 11 is 0. The van der Waals surface area contributed by atoms with Crippen LogP contribution in [-0.2, 0) is 11.3 Å². The SMILES string of the molecule is Cc1ccc(CN2CCNCC2C(N)=O)c(C)c1. The Hall–Kier alpha value is -1.39. The highest BCUT2D eigenvalue weighted by atomic mass is 16.1. The summed E-state index contributed by atoms with van der Waals surface area (Å²) in [6.07, 6.45) is 0. The molecule has 1 aromatic carbocycles. The molecule has 4 heteroatoms. The van der Waals surface area contributed by atoms with Gasteiger partial charge in [-0.15, -0.1) is 0 Å². The van der Waals surface area contributed by atoms with Crippen molar-refractivity contribution in [2.45, 2.75) is 26.4 Å². The Kier molecular flexibility index (Phi) is 3.99. The molecule has 18 heavy (non-hydrogen) atoms. The maximum absolute atomic E-state index is 11.4. The normalized spacial score (nSPS) is 20.9. The third-order valence-corrected chi connectivity index (χ3v) is 3.55. The van der Waals surface area contributed by atoms with Gasteiger partial charge in [0.15, 0.2) is 0 Å². The standard InChI is InChI=1S/C14H21N3O/c1-10-3-4-12(11(2)7-10)9-17-6-5-16-8-13(17)14(15)18/h3-4,7,13,16H,5-6,8-9H2,1-2H3,(H2,15,18). The number of aryl methyl sites for hydroxylation is 2. The zero-order valence-electron chi connectivity index (χ0n) is 11.1. The molecular weight excluding hydrogens is 226 g/mol. The van der Waals surface area contributed by atoms with E-state index in [0.717, 1.165) is 19.6 Å². The lowest BCUT2D eigenvalue weighted by molar-refractivity contribution is -0.124. The minimum absolute atomic E-state index is 0.195. The summed E-state index contributed by atoms with van der Waals surface area (Å²) < 4.78 is 0. The first-order valence-corrected chi connectivity index (χ1v) is 6.38. The number of nitrogens with zero attached hydrogens (tertiary/aromatic N) is 1. The molecule has 3 N–H and O–H groups in total. The Morgan fingerprint density at radius 1 is 1.50 bits per heavy atom. The molecule has 4 nitrogen and oxygen atoms in total. The Balaban J connectivity index is 2.13. The highest BCUT2D eigenvalue weighted by molar-refractivity contribution is 5.80. The van der Waals surface area contributed by atoms with Gasteiger partial charge in [0.1, 0.15) is 6.04 Å². The van der Waals surface area contributed by atoms with Crippen LogP contribution in [0.3, 0.4) is 0 Å². The number of nitrogens with two attached hydrogens (primary N) is 1. The molecule has 1 fully saturated rings. The Morgan fingerprint density at radius 2 is 2.28 bits per heavy atom. The topological polar surface area (TPSA) is 58.4 Å². The molecule has 0 saturated carbocycles. The van der Waals surface area contributed by atoms with Gasteiger partial charge in [-0.3, -0.25) is 9.69 Å². The van der Waals surface area contributed by atoms with E-state index in [4.69, 9.17) is 5.73 Å². The molecule has 1 aromatic rings. The molecule has 1 aliphatic rings. The summed E-state index contributed by atoms with van der Waals surface area (Å²) in [5.41, 5.74) is 9.27. The van der Waals surface area contributed by atoms with E-state index in [-0.39, 0.29) is 11.9 Å². The number of amides is 1. The fraction of sp³-hybridized carbons (Fsp3) is 0.500. The number of carbonyl (C=O) groups excluding carboxylic acids is 1. The minimum Gasteiger partial charge on any atom is -0.368 e. The maximum atomic E-state index is 11.4. The Morgan fingerprint density at radius 3 is 2.94 bits per heavy atom. The first kappa shape index (κ1) is 13.1. The molecule has 1 amide bonds. The molecule has 1 atom stereocenters. The quantitative estimate of drug-likeness (QED) is 0.820. The van der Waals surface area contributed by atoms with Gasteiger partial charge in [0.25, 0.3) is 0 Å². The van der Waals surface area contributed by atoms with Gasteiger partial charge in [0.05, 0.1) is 0 Å². The van der Waals surface area contributed by atoms with Gasteiger partial charge in [-0.2, -0.15) is 0 Å². The van der Waals surface area contributed by atoms with Crippen LogP contribution in [0.25, 0.3) is 0 Å². The van der Waals surface area contributed by atoms with E-state index >= 15 is 0 Å². The van der Waals surface area contributed by atoms with Crippen LogP contribution in [0.5, 0.6) is 0 Å². The van der Waals surface area contributed by atoms with Gasteiger partial charge < -0.3 is 11.1 Å². The van der Waals surface area contributed by atoms with Crippen molar-refractivity contribution in [1.29, 1.82) is 0 Å². The van der Waals surface area contributed by atoms with Crippen molar-refractivity contribution < 1.29 is 4.79 Å². The highest BCUT2D eigenvalue weighted by Crippen LogP contribution is 2.15. The molecule has 1 unspecified atom stereocenters. The predicted molar refractivity (Wildman–Crippen MR) is 72.2 cm³/mol. The second-order valence-corrected chi connectivity index (χ2v) is 5.02. The number of piperazine rings is 1. The third kappa shape index (κ3) is 2.89. The third-order valence-electron chi connectivity index (χ3n) is 3.55. The van der Waals surface area contributed by atoms with E-state index in [9.17, 15) is 4.79 Å². The Labute approximate surface area is 108 Å². The van der Waals surface area contributed by atoms with Crippen LogP contribution in [0.4, 0.5) is 0 Å². The van der Waals surface area contributed by atoms with Crippen molar-refractivity contribution >= 4 is 5.91 Å². The average molecular weight is 247 g/mol. The zero-order valence-corrected chi connectivity index (χ0v) is 11.1. The van der Waals surface area contributed by atoms with Crippen LogP contribution in [0.15, 0.2) is 18.2 Å². The molecule has 0 aromatic heterocycles. The highest BCUT2D eigenvalue weighted by Gasteiger charge is 2.26. The molecule has 0 radical (unpaired) electrons. The molecule has 0 aliphatic carbocycles. The van der Waals surface area contributed by atoms with E-state index in [1.54, 1.807) is 0 Å². The largest absolute Gasteiger partial charge is 0.368 e. The van der Waals surface area contributed by atoms with Crippen LogP contribution in [-0.4, -0.2) is 36.5 Å². The fourth-order valence-electron chi connectivity index (χ4n) is 2.46. The monoisotopic (exact) mass is 247 g/mol. The van der Waals surface area contributed by atoms with Crippen LogP contribution in [0.2, 0.25) is 0 Å². The van der Waals surface area contributed by atoms with Crippen molar-refractivity contribution in [2.24, 2.45) is 5.73 Å². The molecule has 0 bridgehead atoms. The van der Waals surface area contributed by atoms with Gasteiger partial charge >= 0.3 is 0 Å². The second kappa shape index (κ2) is 5.50. The first-order valence-electron chi connectivity index (χ1n) is 6.38. The van der Waals surface area contributed by atoms with Crippen molar-refractivity contribution in [1.82, 2.24) is 10.2 Å². The molecule has 98 valence electrons. The zero-order chi connectivity index (χ0) is 13.1. The smallest absolute Gasteiger partial charge is 0.236 e. The molecule has 1 saturated heterocycles. The number of carbonyl (C=O) groups is 1. The molecule has 1 heterocycles. The van der Waals surface area contributed by atoms with Crippen LogP contribution < -0.4 is 11.1 Å². The van der Waals surface area contributed by atoms with Crippen molar-refractivity contribution in [3.63, 3.8) is 0 Å². The second-order valence-electron chi connectivity index (χ2n) is 5.02. The summed E-state index contributed by atoms with van der Waals surface area (Å²) in [6.45, 7) is 7.43. The van der Waals surface area contributed by atoms with Crippen LogP contribution in [0, 0.1) is 13.8 Å². The average Bonchev–Trinajstić information content (AvgIpc) is 2.33. The fourth-order valence-corrected chi connectivity index (χ4v) is 2.46. The van der Waals surface area contributed by atoms with Crippen molar-refractivity contribution in [3.8, 4) is 0 Å². The van der Waals surface area contributed by atoms with E-state index < -0.39 is 0 Å². The first-order chi connectivity index (χ1) is 8.58. The summed E-state index contributed by atoms with van der Waals surface area (Å²) in [5.74, 6) is -0.244. The van der Waals surface area contributed by atoms with Gasteiger partial charge in [-0.05, 0) is 25.0 Å². The van der Waals surface area contributed by atoms with Crippen LogP contribution >= 0.6 is 0 Å². The summed E-state index contributed by atoms with van der Waals surface area (Å²) in [7, 11) is 0. The lowest BCUT2D eigenvalue weighted by Crippen LogP contribution is -2.56. The van der Waals surface area contributed by atoms with E-state index in [0.29, 0.717) is 6.54 Å². The Bertz CT molecular complexity index is 445. The lowest BCUT2D eigenvalue weighted by atomic mass is 10.0. The van der Waals surface area contributed by atoms with Gasteiger partial charge in [-0.25, -0.2) is 0 Å². The number of primary amides is 1. The van der Waals surface area contributed by atoms with Gasteiger partial charge in [0.2, 0.25) is 5.91 Å². The molecule has 2 rings (SSSR count). The number of rotatable bonds is 3. The summed E-state index contributed by atoms with van der Waals surface area (Å²) in [6, 6.07) is 6.24. The van der Waals surface area contributed by atoms with Gasteiger partial charge in [-0.1, -0.05) is 23.8 Å². The van der Waals surface area contributed by atoms with Crippen LogP contribution in [0.1, 0.15) is 16.7 Å². The number of hydrogen-bond acceptors (Lipinski definition) is 3. The molecule has 0 spiro atoms. The minimum atomic E-state index is -0.244. The number of benzene rings is 1. The predicted octanol–water partition coefficient (Wildman–Crippen LogP) is 0.563.